The second-order valence-electron chi connectivity index (χ2n) is 7.60. The number of ether oxygens (including phenoxy) is 1. The molecule has 0 aliphatic carbocycles. The maximum absolute atomic E-state index is 13.4. The smallest absolute Gasteiger partial charge is 0.253 e. The number of methoxy groups -OCH3 is 1. The van der Waals surface area contributed by atoms with Gasteiger partial charge in [-0.3, -0.25) is 9.78 Å². The minimum atomic E-state index is -0.489. The van der Waals surface area contributed by atoms with Crippen LogP contribution in [0.15, 0.2) is 72.9 Å². The number of nitrogens with zero attached hydrogens (tertiary/aromatic N) is 3. The molecule has 1 aliphatic heterocycles. The van der Waals surface area contributed by atoms with E-state index in [1.807, 2.05) is 74.8 Å². The lowest BCUT2D eigenvalue weighted by Gasteiger charge is -2.34. The Bertz CT molecular complexity index is 1080. The van der Waals surface area contributed by atoms with Crippen LogP contribution < -0.4 is 19.9 Å². The van der Waals surface area contributed by atoms with Crippen LogP contribution in [0.1, 0.15) is 11.3 Å². The van der Waals surface area contributed by atoms with Crippen molar-refractivity contribution in [3.63, 3.8) is 0 Å². The van der Waals surface area contributed by atoms with E-state index in [-0.39, 0.29) is 5.91 Å². The fourth-order valence-corrected chi connectivity index (χ4v) is 3.55. The third-order valence-corrected chi connectivity index (χ3v) is 5.27. The van der Waals surface area contributed by atoms with Gasteiger partial charge in [-0.25, -0.2) is 0 Å². The van der Waals surface area contributed by atoms with E-state index in [0.29, 0.717) is 6.54 Å². The molecular weight excluding hydrogens is 388 g/mol. The lowest BCUT2D eigenvalue weighted by Crippen LogP contribution is -2.46. The number of rotatable bonds is 6. The maximum atomic E-state index is 13.4. The summed E-state index contributed by atoms with van der Waals surface area (Å²) in [6.07, 6.45) is 5.62. The van der Waals surface area contributed by atoms with Crippen LogP contribution >= 0.6 is 0 Å². The molecule has 2 heterocycles. The molecule has 4 rings (SSSR count). The first-order chi connectivity index (χ1) is 15.0. The number of aromatic nitrogens is 1. The standard InChI is InChI=1S/C25H26N4O2/c1-28(2)20-10-7-18(8-11-20)9-13-22-25(30)29(17-19-6-4-5-15-26-19)24-14-12-21(31-3)16-23(24)27-22/h4-16,22,27H,17H2,1-3H3/b13-9+. The fraction of sp³-hybridized carbons (Fsp3) is 0.200. The van der Waals surface area contributed by atoms with Crippen molar-refractivity contribution in [2.24, 2.45) is 0 Å². The van der Waals surface area contributed by atoms with Crippen molar-refractivity contribution in [3.05, 3.63) is 84.2 Å². The first-order valence-corrected chi connectivity index (χ1v) is 10.2. The Kier molecular flexibility index (Phi) is 5.89. The van der Waals surface area contributed by atoms with Crippen molar-refractivity contribution in [1.29, 1.82) is 0 Å². The first-order valence-electron chi connectivity index (χ1n) is 10.2. The molecule has 0 spiro atoms. The number of benzene rings is 2. The lowest BCUT2D eigenvalue weighted by atomic mass is 10.1. The number of pyridine rings is 1. The highest BCUT2D eigenvalue weighted by Gasteiger charge is 2.31. The summed E-state index contributed by atoms with van der Waals surface area (Å²) in [6.45, 7) is 0.405. The highest BCUT2D eigenvalue weighted by atomic mass is 16.5. The lowest BCUT2D eigenvalue weighted by molar-refractivity contribution is -0.118. The molecule has 2 aromatic carbocycles. The van der Waals surface area contributed by atoms with Crippen molar-refractivity contribution >= 4 is 29.0 Å². The minimum absolute atomic E-state index is 0.0236. The first kappa shape index (κ1) is 20.5. The van der Waals surface area contributed by atoms with Crippen LogP contribution in [0.25, 0.3) is 6.08 Å². The largest absolute Gasteiger partial charge is 0.497 e. The highest BCUT2D eigenvalue weighted by molar-refractivity contribution is 6.06. The van der Waals surface area contributed by atoms with Crippen LogP contribution in [0.3, 0.4) is 0 Å². The van der Waals surface area contributed by atoms with Gasteiger partial charge in [0, 0.05) is 32.0 Å². The molecule has 1 aromatic heterocycles. The van der Waals surface area contributed by atoms with Gasteiger partial charge in [0.25, 0.3) is 5.91 Å². The molecule has 0 bridgehead atoms. The van der Waals surface area contributed by atoms with Gasteiger partial charge >= 0.3 is 0 Å². The van der Waals surface area contributed by atoms with E-state index in [2.05, 4.69) is 27.3 Å². The molecule has 6 heteroatoms. The quantitative estimate of drug-likeness (QED) is 0.655. The van der Waals surface area contributed by atoms with Crippen molar-refractivity contribution in [3.8, 4) is 5.75 Å². The SMILES string of the molecule is COc1ccc2c(c1)NC(/C=C/c1ccc(N(C)C)cc1)C(=O)N2Cc1ccccn1. The van der Waals surface area contributed by atoms with Gasteiger partial charge in [-0.2, -0.15) is 0 Å². The van der Waals surface area contributed by atoms with Gasteiger partial charge in [0.05, 0.1) is 30.7 Å². The van der Waals surface area contributed by atoms with E-state index < -0.39 is 6.04 Å². The molecule has 0 radical (unpaired) electrons. The Balaban J connectivity index is 1.63. The van der Waals surface area contributed by atoms with Crippen molar-refractivity contribution < 1.29 is 9.53 Å². The van der Waals surface area contributed by atoms with Gasteiger partial charge in [0.2, 0.25) is 0 Å². The van der Waals surface area contributed by atoms with Crippen molar-refractivity contribution in [1.82, 2.24) is 4.98 Å². The molecule has 1 amide bonds. The van der Waals surface area contributed by atoms with Gasteiger partial charge in [0.1, 0.15) is 11.8 Å². The Morgan fingerprint density at radius 1 is 1.13 bits per heavy atom. The molecule has 1 N–H and O–H groups in total. The van der Waals surface area contributed by atoms with E-state index in [1.165, 1.54) is 0 Å². The average molecular weight is 415 g/mol. The maximum Gasteiger partial charge on any atom is 0.253 e. The van der Waals surface area contributed by atoms with Crippen molar-refractivity contribution in [2.75, 3.05) is 36.3 Å². The summed E-state index contributed by atoms with van der Waals surface area (Å²) in [5, 5.41) is 3.35. The number of anilines is 3. The van der Waals surface area contributed by atoms with Crippen LogP contribution in [-0.4, -0.2) is 38.1 Å². The summed E-state index contributed by atoms with van der Waals surface area (Å²) in [5.41, 5.74) is 4.67. The zero-order chi connectivity index (χ0) is 21.8. The summed E-state index contributed by atoms with van der Waals surface area (Å²) in [4.78, 5) is 21.6. The molecule has 1 unspecified atom stereocenters. The number of nitrogens with one attached hydrogen (secondary N) is 1. The summed E-state index contributed by atoms with van der Waals surface area (Å²) in [7, 11) is 5.66. The molecule has 0 fully saturated rings. The third kappa shape index (κ3) is 4.53. The number of hydrogen-bond acceptors (Lipinski definition) is 5. The molecular formula is C25H26N4O2. The summed E-state index contributed by atoms with van der Waals surface area (Å²) >= 11 is 0. The Labute approximate surface area is 182 Å². The van der Waals surface area contributed by atoms with E-state index in [1.54, 1.807) is 18.2 Å². The zero-order valence-corrected chi connectivity index (χ0v) is 17.9. The van der Waals surface area contributed by atoms with E-state index in [0.717, 1.165) is 34.1 Å². The van der Waals surface area contributed by atoms with Crippen LogP contribution in [0.4, 0.5) is 17.1 Å². The normalized spacial score (nSPS) is 15.5. The van der Waals surface area contributed by atoms with E-state index in [9.17, 15) is 4.79 Å². The van der Waals surface area contributed by atoms with Crippen LogP contribution in [0, 0.1) is 0 Å². The van der Waals surface area contributed by atoms with Crippen LogP contribution in [0.2, 0.25) is 0 Å². The van der Waals surface area contributed by atoms with Gasteiger partial charge in [-0.05, 0) is 42.0 Å². The zero-order valence-electron chi connectivity index (χ0n) is 17.9. The van der Waals surface area contributed by atoms with E-state index >= 15 is 0 Å². The summed E-state index contributed by atoms with van der Waals surface area (Å²) in [6, 6.07) is 19.1. The summed E-state index contributed by atoms with van der Waals surface area (Å²) < 4.78 is 5.38. The van der Waals surface area contributed by atoms with Gasteiger partial charge in [0.15, 0.2) is 0 Å². The number of hydrogen-bond donors (Lipinski definition) is 1. The average Bonchev–Trinajstić information content (AvgIpc) is 2.80. The highest BCUT2D eigenvalue weighted by Crippen LogP contribution is 2.36. The number of amides is 1. The minimum Gasteiger partial charge on any atom is -0.497 e. The van der Waals surface area contributed by atoms with E-state index in [4.69, 9.17) is 4.74 Å². The summed E-state index contributed by atoms with van der Waals surface area (Å²) in [5.74, 6) is 0.713. The Hall–Kier alpha value is -3.80. The second kappa shape index (κ2) is 8.92. The monoisotopic (exact) mass is 414 g/mol. The predicted octanol–water partition coefficient (Wildman–Crippen LogP) is 4.20. The predicted molar refractivity (Wildman–Crippen MR) is 126 cm³/mol. The molecule has 0 saturated carbocycles. The third-order valence-electron chi connectivity index (χ3n) is 5.27. The molecule has 31 heavy (non-hydrogen) atoms. The second-order valence-corrected chi connectivity index (χ2v) is 7.60. The van der Waals surface area contributed by atoms with Gasteiger partial charge in [-0.1, -0.05) is 30.4 Å². The van der Waals surface area contributed by atoms with Crippen LogP contribution in [-0.2, 0) is 11.3 Å². The Morgan fingerprint density at radius 3 is 2.61 bits per heavy atom. The molecule has 0 saturated heterocycles. The number of carbonyl (C=O) groups excluding carboxylic acids is 1. The van der Waals surface area contributed by atoms with Gasteiger partial charge in [-0.15, -0.1) is 0 Å². The molecule has 158 valence electrons. The fourth-order valence-electron chi connectivity index (χ4n) is 3.55. The Morgan fingerprint density at radius 2 is 1.94 bits per heavy atom. The van der Waals surface area contributed by atoms with Crippen LogP contribution in [0.5, 0.6) is 5.75 Å². The molecule has 6 nitrogen and oxygen atoms in total. The number of fused-ring (bicyclic) bond motifs is 1. The number of carbonyl (C=O) groups is 1. The van der Waals surface area contributed by atoms with Crippen molar-refractivity contribution in [2.45, 2.75) is 12.6 Å². The topological polar surface area (TPSA) is 57.7 Å². The molecule has 1 aliphatic rings. The molecule has 1 atom stereocenters. The van der Waals surface area contributed by atoms with Gasteiger partial charge < -0.3 is 19.9 Å². The molecule has 3 aromatic rings.